The molecule has 0 unspecified atom stereocenters. The molecule has 0 radical (unpaired) electrons. The zero-order chi connectivity index (χ0) is 22.2. The van der Waals surface area contributed by atoms with Crippen molar-refractivity contribution in [2.75, 3.05) is 20.8 Å². The molecule has 2 aromatic carbocycles. The highest BCUT2D eigenvalue weighted by Gasteiger charge is 2.16. The van der Waals surface area contributed by atoms with Crippen molar-refractivity contribution in [2.24, 2.45) is 0 Å². The second kappa shape index (κ2) is 10.6. The summed E-state index contributed by atoms with van der Waals surface area (Å²) in [5, 5.41) is 0.542. The van der Waals surface area contributed by atoms with Crippen LogP contribution in [0.2, 0.25) is 0 Å². The van der Waals surface area contributed by atoms with Crippen LogP contribution in [0, 0.1) is 0 Å². The molecule has 0 atom stereocenters. The Hall–Kier alpha value is -3.35. The second-order valence-corrected chi connectivity index (χ2v) is 7.39. The van der Waals surface area contributed by atoms with Crippen molar-refractivity contribution < 1.29 is 14.3 Å². The third-order valence-corrected chi connectivity index (χ3v) is 5.22. The number of nitrogens with one attached hydrogen (secondary N) is 1. The molecule has 0 fully saturated rings. The van der Waals surface area contributed by atoms with Crippen LogP contribution in [0.4, 0.5) is 0 Å². The fourth-order valence-corrected chi connectivity index (χ4v) is 3.47. The molecule has 0 aliphatic carbocycles. The van der Waals surface area contributed by atoms with Crippen molar-refractivity contribution >= 4 is 16.8 Å². The number of H-pyrrole nitrogens is 1. The predicted octanol–water partition coefficient (Wildman–Crippen LogP) is 3.70. The van der Waals surface area contributed by atoms with Crippen molar-refractivity contribution in [1.29, 1.82) is 0 Å². The lowest BCUT2D eigenvalue weighted by molar-refractivity contribution is -0.132. The Balaban J connectivity index is 1.80. The third-order valence-electron chi connectivity index (χ3n) is 5.22. The number of nitrogens with zero attached hydrogens (tertiary/aromatic N) is 2. The SMILES string of the molecule is CCCCC(=O)N(CCc1ccc(OC)c(OC)c1)Cc1nc2ccccc2c(=O)[nH]1. The smallest absolute Gasteiger partial charge is 0.258 e. The predicted molar refractivity (Wildman–Crippen MR) is 121 cm³/mol. The maximum atomic E-state index is 12.9. The van der Waals surface area contributed by atoms with E-state index in [1.165, 1.54) is 0 Å². The largest absolute Gasteiger partial charge is 0.493 e. The zero-order valence-electron chi connectivity index (χ0n) is 18.3. The standard InChI is InChI=1S/C24H29N3O4/c1-4-5-10-23(28)27(14-13-17-11-12-20(30-2)21(15-17)31-3)16-22-25-19-9-7-6-8-18(19)24(29)26-22/h6-9,11-12,15H,4-5,10,13-14,16H2,1-3H3,(H,25,26,29). The lowest BCUT2D eigenvalue weighted by atomic mass is 10.1. The average Bonchev–Trinajstić information content (AvgIpc) is 2.79. The quantitative estimate of drug-likeness (QED) is 0.537. The monoisotopic (exact) mass is 423 g/mol. The Kier molecular flexibility index (Phi) is 7.65. The fraction of sp³-hybridized carbons (Fsp3) is 0.375. The Morgan fingerprint density at radius 3 is 2.61 bits per heavy atom. The fourth-order valence-electron chi connectivity index (χ4n) is 3.47. The van der Waals surface area contributed by atoms with Gasteiger partial charge in [-0.2, -0.15) is 0 Å². The molecule has 1 aromatic heterocycles. The summed E-state index contributed by atoms with van der Waals surface area (Å²) in [4.78, 5) is 34.4. The number of hydrogen-bond donors (Lipinski definition) is 1. The number of amides is 1. The number of fused-ring (bicyclic) bond motifs is 1. The molecule has 0 spiro atoms. The van der Waals surface area contributed by atoms with E-state index in [2.05, 4.69) is 16.9 Å². The molecule has 0 saturated carbocycles. The Labute approximate surface area is 182 Å². The van der Waals surface area contributed by atoms with Crippen molar-refractivity contribution in [3.63, 3.8) is 0 Å². The number of aromatic nitrogens is 2. The van der Waals surface area contributed by atoms with Gasteiger partial charge in [0.2, 0.25) is 5.91 Å². The summed E-state index contributed by atoms with van der Waals surface area (Å²) in [6.45, 7) is 2.83. The third kappa shape index (κ3) is 5.63. The summed E-state index contributed by atoms with van der Waals surface area (Å²) in [5.74, 6) is 1.86. The van der Waals surface area contributed by atoms with Crippen LogP contribution < -0.4 is 15.0 Å². The minimum atomic E-state index is -0.193. The molecule has 1 amide bonds. The number of benzene rings is 2. The van der Waals surface area contributed by atoms with E-state index in [0.717, 1.165) is 18.4 Å². The number of para-hydroxylation sites is 1. The van der Waals surface area contributed by atoms with Crippen molar-refractivity contribution in [2.45, 2.75) is 39.2 Å². The molecule has 0 saturated heterocycles. The van der Waals surface area contributed by atoms with Gasteiger partial charge in [0.15, 0.2) is 11.5 Å². The first-order chi connectivity index (χ1) is 15.0. The second-order valence-electron chi connectivity index (χ2n) is 7.39. The molecular weight excluding hydrogens is 394 g/mol. The van der Waals surface area contributed by atoms with Gasteiger partial charge < -0.3 is 19.4 Å². The molecule has 0 bridgehead atoms. The molecule has 7 heteroatoms. The van der Waals surface area contributed by atoms with Gasteiger partial charge in [-0.3, -0.25) is 9.59 Å². The maximum absolute atomic E-state index is 12.9. The van der Waals surface area contributed by atoms with Gasteiger partial charge in [-0.1, -0.05) is 31.5 Å². The molecule has 164 valence electrons. The lowest BCUT2D eigenvalue weighted by Crippen LogP contribution is -2.33. The lowest BCUT2D eigenvalue weighted by Gasteiger charge is -2.23. The van der Waals surface area contributed by atoms with Crippen molar-refractivity contribution in [3.8, 4) is 11.5 Å². The van der Waals surface area contributed by atoms with Crippen LogP contribution in [-0.2, 0) is 17.8 Å². The normalized spacial score (nSPS) is 10.8. The number of ether oxygens (including phenoxy) is 2. The Morgan fingerprint density at radius 2 is 1.87 bits per heavy atom. The first-order valence-corrected chi connectivity index (χ1v) is 10.5. The van der Waals surface area contributed by atoms with Gasteiger partial charge in [-0.15, -0.1) is 0 Å². The van der Waals surface area contributed by atoms with Crippen LogP contribution in [0.3, 0.4) is 0 Å². The number of carbonyl (C=O) groups is 1. The molecule has 3 rings (SSSR count). The van der Waals surface area contributed by atoms with E-state index in [1.54, 1.807) is 31.3 Å². The molecule has 0 aliphatic heterocycles. The Bertz CT molecular complexity index is 1090. The van der Waals surface area contributed by atoms with E-state index in [4.69, 9.17) is 9.47 Å². The molecule has 1 heterocycles. The Morgan fingerprint density at radius 1 is 1.10 bits per heavy atom. The zero-order valence-corrected chi connectivity index (χ0v) is 18.3. The summed E-state index contributed by atoms with van der Waals surface area (Å²) >= 11 is 0. The number of unbranched alkanes of at least 4 members (excludes halogenated alkanes) is 1. The van der Waals surface area contributed by atoms with Crippen LogP contribution in [-0.4, -0.2) is 41.5 Å². The molecule has 31 heavy (non-hydrogen) atoms. The minimum Gasteiger partial charge on any atom is -0.493 e. The number of methoxy groups -OCH3 is 2. The van der Waals surface area contributed by atoms with Crippen LogP contribution in [0.15, 0.2) is 47.3 Å². The van der Waals surface area contributed by atoms with Crippen LogP contribution in [0.5, 0.6) is 11.5 Å². The first kappa shape index (κ1) is 22.3. The van der Waals surface area contributed by atoms with E-state index in [0.29, 0.717) is 47.6 Å². The van der Waals surface area contributed by atoms with Gasteiger partial charge >= 0.3 is 0 Å². The molecular formula is C24H29N3O4. The average molecular weight is 424 g/mol. The minimum absolute atomic E-state index is 0.0538. The van der Waals surface area contributed by atoms with E-state index in [9.17, 15) is 9.59 Å². The summed E-state index contributed by atoms with van der Waals surface area (Å²) < 4.78 is 10.7. The van der Waals surface area contributed by atoms with E-state index >= 15 is 0 Å². The molecule has 7 nitrogen and oxygen atoms in total. The summed E-state index contributed by atoms with van der Waals surface area (Å²) in [6.07, 6.45) is 2.89. The highest BCUT2D eigenvalue weighted by Crippen LogP contribution is 2.27. The van der Waals surface area contributed by atoms with E-state index in [1.807, 2.05) is 30.3 Å². The first-order valence-electron chi connectivity index (χ1n) is 10.5. The molecule has 0 aliphatic rings. The molecule has 1 N–H and O–H groups in total. The molecule has 3 aromatic rings. The topological polar surface area (TPSA) is 84.5 Å². The number of rotatable bonds is 10. The maximum Gasteiger partial charge on any atom is 0.258 e. The van der Waals surface area contributed by atoms with Crippen molar-refractivity contribution in [3.05, 3.63) is 64.2 Å². The van der Waals surface area contributed by atoms with Gasteiger partial charge in [0.25, 0.3) is 5.56 Å². The van der Waals surface area contributed by atoms with Gasteiger partial charge in [-0.25, -0.2) is 4.98 Å². The van der Waals surface area contributed by atoms with Gasteiger partial charge in [0.1, 0.15) is 5.82 Å². The summed E-state index contributed by atoms with van der Waals surface area (Å²) in [6, 6.07) is 12.9. The van der Waals surface area contributed by atoms with E-state index < -0.39 is 0 Å². The highest BCUT2D eigenvalue weighted by molar-refractivity contribution is 5.78. The summed E-state index contributed by atoms with van der Waals surface area (Å²) in [5.41, 5.74) is 1.47. The van der Waals surface area contributed by atoms with E-state index in [-0.39, 0.29) is 18.0 Å². The van der Waals surface area contributed by atoms with Crippen LogP contribution in [0.1, 0.15) is 37.6 Å². The van der Waals surface area contributed by atoms with Gasteiger partial charge in [0, 0.05) is 13.0 Å². The number of hydrogen-bond acceptors (Lipinski definition) is 5. The number of aromatic amines is 1. The highest BCUT2D eigenvalue weighted by atomic mass is 16.5. The van der Waals surface area contributed by atoms with Crippen molar-refractivity contribution in [1.82, 2.24) is 14.9 Å². The van der Waals surface area contributed by atoms with Crippen LogP contribution in [0.25, 0.3) is 10.9 Å². The van der Waals surface area contributed by atoms with Gasteiger partial charge in [0.05, 0.1) is 31.7 Å². The van der Waals surface area contributed by atoms with Crippen LogP contribution >= 0.6 is 0 Å². The van der Waals surface area contributed by atoms with Gasteiger partial charge in [-0.05, 0) is 42.7 Å². The summed E-state index contributed by atoms with van der Waals surface area (Å²) in [7, 11) is 3.20. The number of carbonyl (C=O) groups excluding carboxylic acids is 1.